The van der Waals surface area contributed by atoms with E-state index in [9.17, 15) is 14.0 Å². The fourth-order valence-electron chi connectivity index (χ4n) is 4.46. The Labute approximate surface area is 179 Å². The Kier molecular flexibility index (Phi) is 7.01. The molecule has 0 aliphatic carbocycles. The number of hydrogen-bond donors (Lipinski definition) is 2. The molecule has 0 aromatic heterocycles. The zero-order chi connectivity index (χ0) is 21.9. The Hall–Kier alpha value is -2.15. The number of likely N-dealkylation sites (tertiary alicyclic amines) is 1. The minimum Gasteiger partial charge on any atom is -0.324 e. The van der Waals surface area contributed by atoms with Crippen molar-refractivity contribution in [2.45, 2.75) is 65.1 Å². The van der Waals surface area contributed by atoms with Gasteiger partial charge in [-0.25, -0.2) is 9.18 Å². The quantitative estimate of drug-likeness (QED) is 0.733. The standard InChI is InChI=1S/C23H35FN4O2/c1-5-17(4)15-28-21(29)20(13-16(2)3)26-23(28)9-11-27(12-10-23)22(30)25-19-8-6-7-18(24)14-19/h6-8,14,16-17,20,26H,5,9-13,15H2,1-4H3,(H,25,30). The molecule has 2 heterocycles. The zero-order valence-corrected chi connectivity index (χ0v) is 18.6. The van der Waals surface area contributed by atoms with Gasteiger partial charge in [-0.2, -0.15) is 0 Å². The molecule has 2 unspecified atom stereocenters. The van der Waals surface area contributed by atoms with Gasteiger partial charge in [-0.15, -0.1) is 0 Å². The average Bonchev–Trinajstić information content (AvgIpc) is 2.93. The first-order valence-electron chi connectivity index (χ1n) is 11.1. The van der Waals surface area contributed by atoms with E-state index in [-0.39, 0.29) is 29.5 Å². The summed E-state index contributed by atoms with van der Waals surface area (Å²) in [5.41, 5.74) is 0.0697. The van der Waals surface area contributed by atoms with Crippen LogP contribution in [-0.2, 0) is 4.79 Å². The van der Waals surface area contributed by atoms with Crippen molar-refractivity contribution < 1.29 is 14.0 Å². The summed E-state index contributed by atoms with van der Waals surface area (Å²) in [6.45, 7) is 10.4. The monoisotopic (exact) mass is 418 g/mol. The summed E-state index contributed by atoms with van der Waals surface area (Å²) in [5.74, 6) is 0.682. The van der Waals surface area contributed by atoms with E-state index < -0.39 is 0 Å². The number of urea groups is 1. The van der Waals surface area contributed by atoms with Crippen molar-refractivity contribution in [1.29, 1.82) is 0 Å². The highest BCUT2D eigenvalue weighted by Gasteiger charge is 2.51. The molecule has 2 aliphatic heterocycles. The first kappa shape index (κ1) is 22.5. The molecule has 1 aromatic rings. The number of amides is 3. The van der Waals surface area contributed by atoms with Crippen molar-refractivity contribution >= 4 is 17.6 Å². The third-order valence-electron chi connectivity index (χ3n) is 6.38. The lowest BCUT2D eigenvalue weighted by Crippen LogP contribution is -2.60. The smallest absolute Gasteiger partial charge is 0.321 e. The molecule has 0 saturated carbocycles. The van der Waals surface area contributed by atoms with E-state index in [2.05, 4.69) is 43.2 Å². The lowest BCUT2D eigenvalue weighted by atomic mass is 9.94. The maximum Gasteiger partial charge on any atom is 0.321 e. The maximum atomic E-state index is 13.4. The largest absolute Gasteiger partial charge is 0.324 e. The van der Waals surface area contributed by atoms with Crippen molar-refractivity contribution in [2.24, 2.45) is 11.8 Å². The molecule has 166 valence electrons. The molecule has 6 nitrogen and oxygen atoms in total. The molecule has 0 radical (unpaired) electrons. The first-order chi connectivity index (χ1) is 14.2. The Morgan fingerprint density at radius 2 is 2.00 bits per heavy atom. The van der Waals surface area contributed by atoms with E-state index >= 15 is 0 Å². The number of nitrogens with one attached hydrogen (secondary N) is 2. The van der Waals surface area contributed by atoms with Crippen molar-refractivity contribution in [3.05, 3.63) is 30.1 Å². The van der Waals surface area contributed by atoms with Gasteiger partial charge in [-0.3, -0.25) is 10.1 Å². The average molecular weight is 419 g/mol. The van der Waals surface area contributed by atoms with Crippen LogP contribution in [0.15, 0.2) is 24.3 Å². The second kappa shape index (κ2) is 9.33. The van der Waals surface area contributed by atoms with Gasteiger partial charge >= 0.3 is 6.03 Å². The van der Waals surface area contributed by atoms with Gasteiger partial charge in [0.05, 0.1) is 11.7 Å². The third kappa shape index (κ3) is 4.94. The Balaban J connectivity index is 1.68. The van der Waals surface area contributed by atoms with Crippen LogP contribution >= 0.6 is 0 Å². The highest BCUT2D eigenvalue weighted by molar-refractivity contribution is 5.89. The van der Waals surface area contributed by atoms with Gasteiger partial charge in [0, 0.05) is 38.2 Å². The lowest BCUT2D eigenvalue weighted by molar-refractivity contribution is -0.134. The molecule has 3 amide bonds. The van der Waals surface area contributed by atoms with Crippen LogP contribution in [-0.4, -0.2) is 53.1 Å². The molecule has 2 saturated heterocycles. The van der Waals surface area contributed by atoms with Crippen LogP contribution in [0.1, 0.15) is 53.4 Å². The fourth-order valence-corrected chi connectivity index (χ4v) is 4.46. The van der Waals surface area contributed by atoms with Crippen molar-refractivity contribution in [3.8, 4) is 0 Å². The predicted octanol–water partition coefficient (Wildman–Crippen LogP) is 4.04. The number of piperidine rings is 1. The van der Waals surface area contributed by atoms with E-state index in [1.165, 1.54) is 12.1 Å². The molecule has 1 spiro atoms. The highest BCUT2D eigenvalue weighted by Crippen LogP contribution is 2.35. The minimum atomic E-state index is -0.379. The van der Waals surface area contributed by atoms with Crippen LogP contribution in [0.25, 0.3) is 0 Å². The molecule has 3 rings (SSSR count). The van der Waals surface area contributed by atoms with Crippen molar-refractivity contribution in [3.63, 3.8) is 0 Å². The summed E-state index contributed by atoms with van der Waals surface area (Å²) < 4.78 is 13.4. The predicted molar refractivity (Wildman–Crippen MR) is 117 cm³/mol. The van der Waals surface area contributed by atoms with E-state index in [1.54, 1.807) is 17.0 Å². The number of benzene rings is 1. The Morgan fingerprint density at radius 1 is 1.30 bits per heavy atom. The third-order valence-corrected chi connectivity index (χ3v) is 6.38. The minimum absolute atomic E-state index is 0.151. The molecule has 2 aliphatic rings. The van der Waals surface area contributed by atoms with Crippen LogP contribution in [0.2, 0.25) is 0 Å². The molecule has 2 atom stereocenters. The molecule has 30 heavy (non-hydrogen) atoms. The lowest BCUT2D eigenvalue weighted by Gasteiger charge is -2.45. The number of nitrogens with zero attached hydrogens (tertiary/aromatic N) is 2. The van der Waals surface area contributed by atoms with Gasteiger partial charge in [-0.1, -0.05) is 40.2 Å². The Bertz CT molecular complexity index is 761. The van der Waals surface area contributed by atoms with Crippen molar-refractivity contribution in [2.75, 3.05) is 25.0 Å². The van der Waals surface area contributed by atoms with E-state index in [4.69, 9.17) is 0 Å². The van der Waals surface area contributed by atoms with Crippen LogP contribution in [0.5, 0.6) is 0 Å². The normalized spacial score (nSPS) is 22.1. The highest BCUT2D eigenvalue weighted by atomic mass is 19.1. The number of carbonyl (C=O) groups is 2. The van der Waals surface area contributed by atoms with Crippen LogP contribution in [0, 0.1) is 17.7 Å². The summed E-state index contributed by atoms with van der Waals surface area (Å²) in [6, 6.07) is 5.53. The molecular weight excluding hydrogens is 383 g/mol. The van der Waals surface area contributed by atoms with Gasteiger partial charge in [0.1, 0.15) is 5.82 Å². The van der Waals surface area contributed by atoms with Gasteiger partial charge in [0.2, 0.25) is 5.91 Å². The van der Waals surface area contributed by atoms with Gasteiger partial charge in [-0.05, 0) is 36.5 Å². The number of halogens is 1. The zero-order valence-electron chi connectivity index (χ0n) is 18.6. The van der Waals surface area contributed by atoms with Crippen LogP contribution in [0.3, 0.4) is 0 Å². The van der Waals surface area contributed by atoms with Crippen LogP contribution < -0.4 is 10.6 Å². The van der Waals surface area contributed by atoms with Gasteiger partial charge < -0.3 is 15.1 Å². The number of hydrogen-bond acceptors (Lipinski definition) is 3. The molecule has 0 bridgehead atoms. The first-order valence-corrected chi connectivity index (χ1v) is 11.1. The summed E-state index contributed by atoms with van der Waals surface area (Å²) >= 11 is 0. The SMILES string of the molecule is CCC(C)CN1C(=O)C(CC(C)C)NC12CCN(C(=O)Nc1cccc(F)c1)CC2. The maximum absolute atomic E-state index is 13.4. The number of anilines is 1. The number of carbonyl (C=O) groups excluding carboxylic acids is 2. The molecular formula is C23H35FN4O2. The second-order valence-electron chi connectivity index (χ2n) is 9.25. The number of rotatable bonds is 6. The fraction of sp³-hybridized carbons (Fsp3) is 0.652. The van der Waals surface area contributed by atoms with E-state index in [0.29, 0.717) is 43.5 Å². The molecule has 7 heteroatoms. The summed E-state index contributed by atoms with van der Waals surface area (Å²) in [6.07, 6.45) is 3.24. The van der Waals surface area contributed by atoms with Gasteiger partial charge in [0.15, 0.2) is 0 Å². The molecule has 2 fully saturated rings. The van der Waals surface area contributed by atoms with E-state index in [1.807, 2.05) is 0 Å². The molecule has 2 N–H and O–H groups in total. The summed E-state index contributed by atoms with van der Waals surface area (Å²) in [7, 11) is 0. The topological polar surface area (TPSA) is 64.7 Å². The van der Waals surface area contributed by atoms with Crippen LogP contribution in [0.4, 0.5) is 14.9 Å². The Morgan fingerprint density at radius 3 is 2.60 bits per heavy atom. The second-order valence-corrected chi connectivity index (χ2v) is 9.25. The summed E-state index contributed by atoms with van der Waals surface area (Å²) in [5, 5.41) is 6.43. The van der Waals surface area contributed by atoms with Gasteiger partial charge in [0.25, 0.3) is 0 Å². The van der Waals surface area contributed by atoms with E-state index in [0.717, 1.165) is 19.4 Å². The summed E-state index contributed by atoms with van der Waals surface area (Å²) in [4.78, 5) is 29.6. The molecule has 1 aromatic carbocycles. The van der Waals surface area contributed by atoms with Crippen molar-refractivity contribution in [1.82, 2.24) is 15.1 Å².